The topological polar surface area (TPSA) is 84.2 Å². The summed E-state index contributed by atoms with van der Waals surface area (Å²) in [6, 6.07) is 5.67. The Labute approximate surface area is 149 Å². The van der Waals surface area contributed by atoms with Gasteiger partial charge in [-0.2, -0.15) is 5.26 Å². The molecule has 25 heavy (non-hydrogen) atoms. The fourth-order valence-corrected chi connectivity index (χ4v) is 3.13. The highest BCUT2D eigenvalue weighted by molar-refractivity contribution is 7.13. The number of rotatable bonds is 5. The third kappa shape index (κ3) is 3.80. The van der Waals surface area contributed by atoms with Gasteiger partial charge in [0.05, 0.1) is 6.61 Å². The molecule has 0 radical (unpaired) electrons. The van der Waals surface area contributed by atoms with E-state index in [1.807, 2.05) is 32.0 Å². The third-order valence-electron chi connectivity index (χ3n) is 3.65. The number of amides is 1. The van der Waals surface area contributed by atoms with Gasteiger partial charge in [0, 0.05) is 29.1 Å². The summed E-state index contributed by atoms with van der Waals surface area (Å²) in [6.07, 6.45) is 4.02. The summed E-state index contributed by atoms with van der Waals surface area (Å²) in [5, 5.41) is 14.2. The zero-order valence-electron chi connectivity index (χ0n) is 13.9. The van der Waals surface area contributed by atoms with Crippen LogP contribution in [0.3, 0.4) is 0 Å². The first-order chi connectivity index (χ1) is 12.1. The van der Waals surface area contributed by atoms with Gasteiger partial charge in [-0.25, -0.2) is 4.98 Å². The Morgan fingerprint density at radius 3 is 3.12 bits per heavy atom. The van der Waals surface area contributed by atoms with Crippen molar-refractivity contribution in [3.05, 3.63) is 40.4 Å². The smallest absolute Gasteiger partial charge is 0.268 e. The first kappa shape index (κ1) is 17.0. The van der Waals surface area contributed by atoms with E-state index in [1.54, 1.807) is 11.6 Å². The summed E-state index contributed by atoms with van der Waals surface area (Å²) < 4.78 is 11.4. The predicted octanol–water partition coefficient (Wildman–Crippen LogP) is 3.41. The number of anilines is 1. The summed E-state index contributed by atoms with van der Waals surface area (Å²) in [6.45, 7) is 4.38. The Kier molecular flexibility index (Phi) is 5.00. The van der Waals surface area contributed by atoms with Crippen LogP contribution < -0.4 is 14.8 Å². The number of hydrogen-bond acceptors (Lipinski definition) is 6. The standard InChI is InChI=1S/C18H17N3O3S/c1-3-23-15-8-12-6-11(2)24-16(12)9-13(15)7-14(10-19)17(22)21-18-20-4-5-25-18/h4-5,7-9,11H,3,6H2,1-2H3,(H,20,21,22)/b14-7+/t11-/m0/s1. The molecule has 1 aromatic heterocycles. The highest BCUT2D eigenvalue weighted by atomic mass is 32.1. The highest BCUT2D eigenvalue weighted by Crippen LogP contribution is 2.36. The molecule has 0 saturated heterocycles. The van der Waals surface area contributed by atoms with E-state index in [-0.39, 0.29) is 11.7 Å². The van der Waals surface area contributed by atoms with Crippen molar-refractivity contribution in [1.29, 1.82) is 5.26 Å². The van der Waals surface area contributed by atoms with Crippen molar-refractivity contribution in [1.82, 2.24) is 4.98 Å². The molecule has 0 unspecified atom stereocenters. The van der Waals surface area contributed by atoms with Gasteiger partial charge in [-0.3, -0.25) is 10.1 Å². The summed E-state index contributed by atoms with van der Waals surface area (Å²) in [5.41, 5.74) is 1.68. The molecule has 7 heteroatoms. The Bertz CT molecular complexity index is 853. The average Bonchev–Trinajstić information content (AvgIpc) is 3.21. The van der Waals surface area contributed by atoms with Crippen molar-refractivity contribution in [3.8, 4) is 17.6 Å². The molecule has 0 spiro atoms. The Hall–Kier alpha value is -2.85. The number of fused-ring (bicyclic) bond motifs is 1. The van der Waals surface area contributed by atoms with Crippen molar-refractivity contribution in [2.24, 2.45) is 0 Å². The summed E-state index contributed by atoms with van der Waals surface area (Å²) in [5.74, 6) is 0.892. The summed E-state index contributed by atoms with van der Waals surface area (Å²) >= 11 is 1.29. The molecule has 1 amide bonds. The highest BCUT2D eigenvalue weighted by Gasteiger charge is 2.22. The third-order valence-corrected chi connectivity index (χ3v) is 4.33. The molecule has 1 aromatic carbocycles. The number of nitrogens with zero attached hydrogens (tertiary/aromatic N) is 2. The average molecular weight is 355 g/mol. The van der Waals surface area contributed by atoms with E-state index in [4.69, 9.17) is 9.47 Å². The Balaban J connectivity index is 1.93. The maximum Gasteiger partial charge on any atom is 0.268 e. The van der Waals surface area contributed by atoms with Crippen LogP contribution in [0.1, 0.15) is 25.0 Å². The van der Waals surface area contributed by atoms with Gasteiger partial charge in [0.1, 0.15) is 29.2 Å². The minimum Gasteiger partial charge on any atom is -0.493 e. The zero-order chi connectivity index (χ0) is 17.8. The Morgan fingerprint density at radius 2 is 2.44 bits per heavy atom. The van der Waals surface area contributed by atoms with Crippen molar-refractivity contribution >= 4 is 28.5 Å². The quantitative estimate of drug-likeness (QED) is 0.656. The van der Waals surface area contributed by atoms with E-state index in [2.05, 4.69) is 10.3 Å². The molecule has 6 nitrogen and oxygen atoms in total. The number of carbonyl (C=O) groups excluding carboxylic acids is 1. The number of nitriles is 1. The van der Waals surface area contributed by atoms with Gasteiger partial charge >= 0.3 is 0 Å². The van der Waals surface area contributed by atoms with Crippen LogP contribution in [0.15, 0.2) is 29.3 Å². The minimum absolute atomic E-state index is 0.0258. The number of benzene rings is 1. The molecule has 0 aliphatic carbocycles. The molecule has 2 aromatic rings. The van der Waals surface area contributed by atoms with Crippen LogP contribution in [0.4, 0.5) is 5.13 Å². The number of nitrogens with one attached hydrogen (secondary N) is 1. The molecular weight excluding hydrogens is 338 g/mol. The Morgan fingerprint density at radius 1 is 1.60 bits per heavy atom. The second-order valence-electron chi connectivity index (χ2n) is 5.52. The normalized spacial score (nSPS) is 15.9. The monoisotopic (exact) mass is 355 g/mol. The molecule has 1 atom stereocenters. The van der Waals surface area contributed by atoms with E-state index in [0.29, 0.717) is 23.1 Å². The maximum atomic E-state index is 12.3. The maximum absolute atomic E-state index is 12.3. The number of carbonyl (C=O) groups is 1. The first-order valence-electron chi connectivity index (χ1n) is 7.89. The van der Waals surface area contributed by atoms with Crippen LogP contribution in [0.25, 0.3) is 6.08 Å². The molecule has 3 rings (SSSR count). The van der Waals surface area contributed by atoms with Gasteiger partial charge in [-0.05, 0) is 32.1 Å². The van der Waals surface area contributed by atoms with Gasteiger partial charge in [0.2, 0.25) is 0 Å². The number of thiazole rings is 1. The van der Waals surface area contributed by atoms with Gasteiger partial charge in [-0.15, -0.1) is 11.3 Å². The van der Waals surface area contributed by atoms with Gasteiger partial charge in [0.15, 0.2) is 5.13 Å². The predicted molar refractivity (Wildman–Crippen MR) is 95.7 cm³/mol. The SMILES string of the molecule is CCOc1cc2c(cc1/C=C(\C#N)C(=O)Nc1nccs1)O[C@@H](C)C2. The van der Waals surface area contributed by atoms with Crippen LogP contribution in [-0.2, 0) is 11.2 Å². The van der Waals surface area contributed by atoms with E-state index in [9.17, 15) is 10.1 Å². The molecule has 0 fully saturated rings. The lowest BCUT2D eigenvalue weighted by molar-refractivity contribution is -0.112. The van der Waals surface area contributed by atoms with Crippen LogP contribution in [-0.4, -0.2) is 23.6 Å². The van der Waals surface area contributed by atoms with Crippen molar-refractivity contribution in [2.75, 3.05) is 11.9 Å². The van der Waals surface area contributed by atoms with Gasteiger partial charge in [-0.1, -0.05) is 0 Å². The molecular formula is C18H17N3O3S. The number of aromatic nitrogens is 1. The lowest BCUT2D eigenvalue weighted by Gasteiger charge is -2.10. The van der Waals surface area contributed by atoms with Crippen LogP contribution in [0.5, 0.6) is 11.5 Å². The minimum atomic E-state index is -0.505. The van der Waals surface area contributed by atoms with Crippen LogP contribution in [0, 0.1) is 11.3 Å². The molecule has 2 heterocycles. The summed E-state index contributed by atoms with van der Waals surface area (Å²) in [4.78, 5) is 16.3. The molecule has 1 aliphatic heterocycles. The van der Waals surface area contributed by atoms with E-state index in [1.165, 1.54) is 17.4 Å². The van der Waals surface area contributed by atoms with Crippen LogP contribution >= 0.6 is 11.3 Å². The van der Waals surface area contributed by atoms with Gasteiger partial charge < -0.3 is 9.47 Å². The van der Waals surface area contributed by atoms with E-state index < -0.39 is 5.91 Å². The fraction of sp³-hybridized carbons (Fsp3) is 0.278. The molecule has 128 valence electrons. The van der Waals surface area contributed by atoms with Crippen LogP contribution in [0.2, 0.25) is 0 Å². The molecule has 1 aliphatic rings. The zero-order valence-corrected chi connectivity index (χ0v) is 14.7. The second kappa shape index (κ2) is 7.36. The van der Waals surface area contributed by atoms with Crippen molar-refractivity contribution in [3.63, 3.8) is 0 Å². The largest absolute Gasteiger partial charge is 0.493 e. The number of hydrogen-bond donors (Lipinski definition) is 1. The lowest BCUT2D eigenvalue weighted by Crippen LogP contribution is -2.13. The molecule has 0 bridgehead atoms. The molecule has 1 N–H and O–H groups in total. The van der Waals surface area contributed by atoms with E-state index >= 15 is 0 Å². The fourth-order valence-electron chi connectivity index (χ4n) is 2.60. The molecule has 0 saturated carbocycles. The first-order valence-corrected chi connectivity index (χ1v) is 8.77. The number of ether oxygens (including phenoxy) is 2. The van der Waals surface area contributed by atoms with E-state index in [0.717, 1.165) is 17.7 Å². The second-order valence-corrected chi connectivity index (χ2v) is 6.42. The van der Waals surface area contributed by atoms with Crippen molar-refractivity contribution < 1.29 is 14.3 Å². The summed E-state index contributed by atoms with van der Waals surface area (Å²) in [7, 11) is 0. The van der Waals surface area contributed by atoms with Gasteiger partial charge in [0.25, 0.3) is 5.91 Å². The lowest BCUT2D eigenvalue weighted by atomic mass is 10.0. The van der Waals surface area contributed by atoms with Crippen molar-refractivity contribution in [2.45, 2.75) is 26.4 Å².